The van der Waals surface area contributed by atoms with Crippen LogP contribution >= 0.6 is 11.8 Å². The van der Waals surface area contributed by atoms with Gasteiger partial charge in [-0.1, -0.05) is 23.9 Å². The van der Waals surface area contributed by atoms with Gasteiger partial charge in [0, 0.05) is 5.56 Å². The fourth-order valence-electron chi connectivity index (χ4n) is 2.49. The number of aromatic amines is 1. The topological polar surface area (TPSA) is 74.8 Å². The van der Waals surface area contributed by atoms with Gasteiger partial charge >= 0.3 is 0 Å². The Labute approximate surface area is 160 Å². The number of ketones is 1. The molecule has 0 spiro atoms. The van der Waals surface area contributed by atoms with Crippen molar-refractivity contribution in [2.75, 3.05) is 5.32 Å². The van der Waals surface area contributed by atoms with Crippen molar-refractivity contribution in [3.05, 3.63) is 66.1 Å². The van der Waals surface area contributed by atoms with Gasteiger partial charge in [-0.2, -0.15) is 0 Å². The molecule has 3 aromatic rings. The third-order valence-electron chi connectivity index (χ3n) is 3.93. The summed E-state index contributed by atoms with van der Waals surface area (Å²) in [4.78, 5) is 31.5. The SMILES string of the molecule is CC(=O)c1ccccc1NC(=O)[C@H](C)Sc1ncc(-c2ccc(F)cc2)[nH]1. The standard InChI is InChI=1S/C20H18FN3O2S/c1-12(25)16-5-3-4-6-17(16)23-19(26)13(2)27-20-22-11-18(24-20)14-7-9-15(21)10-8-14/h3-11,13H,1-2H3,(H,22,24)(H,23,26)/t13-/m0/s1. The Morgan fingerprint density at radius 3 is 2.56 bits per heavy atom. The van der Waals surface area contributed by atoms with E-state index in [1.54, 1.807) is 49.5 Å². The Kier molecular flexibility index (Phi) is 5.71. The number of carbonyl (C=O) groups is 2. The number of imidazole rings is 1. The predicted octanol–water partition coefficient (Wildman–Crippen LogP) is 4.54. The molecule has 0 saturated carbocycles. The number of benzene rings is 2. The average molecular weight is 383 g/mol. The van der Waals surface area contributed by atoms with Crippen LogP contribution in [0.25, 0.3) is 11.3 Å². The first-order chi connectivity index (χ1) is 12.9. The minimum atomic E-state index is -0.433. The first kappa shape index (κ1) is 18.8. The number of nitrogens with one attached hydrogen (secondary N) is 2. The predicted molar refractivity (Wildman–Crippen MR) is 104 cm³/mol. The Balaban J connectivity index is 1.67. The van der Waals surface area contributed by atoms with Crippen molar-refractivity contribution < 1.29 is 14.0 Å². The van der Waals surface area contributed by atoms with Crippen molar-refractivity contribution in [3.8, 4) is 11.3 Å². The van der Waals surface area contributed by atoms with Gasteiger partial charge in [0.2, 0.25) is 5.91 Å². The molecule has 7 heteroatoms. The van der Waals surface area contributed by atoms with Gasteiger partial charge in [-0.15, -0.1) is 0 Å². The van der Waals surface area contributed by atoms with Crippen molar-refractivity contribution in [1.29, 1.82) is 0 Å². The summed E-state index contributed by atoms with van der Waals surface area (Å²) in [6.07, 6.45) is 1.64. The first-order valence-corrected chi connectivity index (χ1v) is 9.20. The van der Waals surface area contributed by atoms with Gasteiger partial charge in [0.25, 0.3) is 0 Å². The second-order valence-electron chi connectivity index (χ2n) is 5.96. The van der Waals surface area contributed by atoms with E-state index in [2.05, 4.69) is 15.3 Å². The quantitative estimate of drug-likeness (QED) is 0.484. The highest BCUT2D eigenvalue weighted by atomic mass is 32.2. The lowest BCUT2D eigenvalue weighted by molar-refractivity contribution is -0.115. The number of H-pyrrole nitrogens is 1. The molecule has 0 radical (unpaired) electrons. The molecule has 0 fully saturated rings. The van der Waals surface area contributed by atoms with E-state index in [1.807, 2.05) is 0 Å². The van der Waals surface area contributed by atoms with E-state index in [4.69, 9.17) is 0 Å². The number of thioether (sulfide) groups is 1. The number of hydrogen-bond acceptors (Lipinski definition) is 4. The van der Waals surface area contributed by atoms with Crippen LogP contribution in [0.1, 0.15) is 24.2 Å². The minimum Gasteiger partial charge on any atom is -0.333 e. The summed E-state index contributed by atoms with van der Waals surface area (Å²) in [5, 5.41) is 2.94. The Hall–Kier alpha value is -2.93. The number of hydrogen-bond donors (Lipinski definition) is 2. The molecule has 0 unspecified atom stereocenters. The first-order valence-electron chi connectivity index (χ1n) is 8.32. The third kappa shape index (κ3) is 4.62. The number of carbonyl (C=O) groups excluding carboxylic acids is 2. The summed E-state index contributed by atoms with van der Waals surface area (Å²) in [7, 11) is 0. The van der Waals surface area contributed by atoms with E-state index in [0.29, 0.717) is 16.4 Å². The number of halogens is 1. The summed E-state index contributed by atoms with van der Waals surface area (Å²) < 4.78 is 13.0. The van der Waals surface area contributed by atoms with Crippen LogP contribution in [0.4, 0.5) is 10.1 Å². The van der Waals surface area contributed by atoms with Crippen molar-refractivity contribution in [2.45, 2.75) is 24.3 Å². The van der Waals surface area contributed by atoms with E-state index in [9.17, 15) is 14.0 Å². The van der Waals surface area contributed by atoms with Crippen LogP contribution < -0.4 is 5.32 Å². The minimum absolute atomic E-state index is 0.110. The van der Waals surface area contributed by atoms with Crippen molar-refractivity contribution in [3.63, 3.8) is 0 Å². The number of nitrogens with zero attached hydrogens (tertiary/aromatic N) is 1. The molecule has 1 aromatic heterocycles. The van der Waals surface area contributed by atoms with Crippen LogP contribution in [0.5, 0.6) is 0 Å². The summed E-state index contributed by atoms with van der Waals surface area (Å²) >= 11 is 1.27. The Morgan fingerprint density at radius 2 is 1.85 bits per heavy atom. The maximum atomic E-state index is 13.0. The molecule has 1 heterocycles. The number of para-hydroxylation sites is 1. The smallest absolute Gasteiger partial charge is 0.237 e. The zero-order valence-electron chi connectivity index (χ0n) is 14.8. The zero-order valence-corrected chi connectivity index (χ0v) is 15.6. The van der Waals surface area contributed by atoms with E-state index in [1.165, 1.54) is 30.8 Å². The van der Waals surface area contributed by atoms with Crippen molar-refractivity contribution in [2.24, 2.45) is 0 Å². The van der Waals surface area contributed by atoms with Gasteiger partial charge in [-0.05, 0) is 55.8 Å². The summed E-state index contributed by atoms with van der Waals surface area (Å²) in [6.45, 7) is 3.22. The number of anilines is 1. The molecule has 0 aliphatic rings. The lowest BCUT2D eigenvalue weighted by Crippen LogP contribution is -2.23. The average Bonchev–Trinajstić information content (AvgIpc) is 3.11. The molecule has 138 valence electrons. The second kappa shape index (κ2) is 8.18. The molecule has 1 atom stereocenters. The summed E-state index contributed by atoms with van der Waals surface area (Å²) in [5.41, 5.74) is 2.52. The monoisotopic (exact) mass is 383 g/mol. The third-order valence-corrected chi connectivity index (χ3v) is 4.93. The van der Waals surface area contributed by atoms with Crippen LogP contribution in [-0.2, 0) is 4.79 Å². The molecule has 2 aromatic carbocycles. The number of amides is 1. The van der Waals surface area contributed by atoms with Gasteiger partial charge in [-0.3, -0.25) is 9.59 Å². The van der Waals surface area contributed by atoms with Gasteiger partial charge in [0.1, 0.15) is 5.82 Å². The van der Waals surface area contributed by atoms with Gasteiger partial charge in [0.05, 0.1) is 22.8 Å². The number of rotatable bonds is 6. The molecule has 2 N–H and O–H groups in total. The molecular weight excluding hydrogens is 365 g/mol. The highest BCUT2D eigenvalue weighted by molar-refractivity contribution is 8.00. The lowest BCUT2D eigenvalue weighted by Gasteiger charge is -2.12. The normalized spacial score (nSPS) is 11.8. The van der Waals surface area contributed by atoms with Crippen molar-refractivity contribution >= 4 is 29.1 Å². The van der Waals surface area contributed by atoms with Crippen LogP contribution in [0, 0.1) is 5.82 Å². The Morgan fingerprint density at radius 1 is 1.15 bits per heavy atom. The molecule has 27 heavy (non-hydrogen) atoms. The highest BCUT2D eigenvalue weighted by Crippen LogP contribution is 2.26. The second-order valence-corrected chi connectivity index (χ2v) is 7.29. The van der Waals surface area contributed by atoms with Crippen molar-refractivity contribution in [1.82, 2.24) is 9.97 Å². The fraction of sp³-hybridized carbons (Fsp3) is 0.150. The van der Waals surface area contributed by atoms with E-state index in [-0.39, 0.29) is 17.5 Å². The molecule has 0 aliphatic carbocycles. The van der Waals surface area contributed by atoms with Gasteiger partial charge in [-0.25, -0.2) is 9.37 Å². The zero-order chi connectivity index (χ0) is 19.4. The summed E-state index contributed by atoms with van der Waals surface area (Å²) in [5.74, 6) is -0.640. The maximum absolute atomic E-state index is 13.0. The van der Waals surface area contributed by atoms with Crippen LogP contribution in [0.3, 0.4) is 0 Å². The summed E-state index contributed by atoms with van der Waals surface area (Å²) in [6, 6.07) is 13.0. The molecule has 0 aliphatic heterocycles. The lowest BCUT2D eigenvalue weighted by atomic mass is 10.1. The number of Topliss-reactive ketones (excluding diaryl/α,β-unsaturated/α-hetero) is 1. The highest BCUT2D eigenvalue weighted by Gasteiger charge is 2.18. The molecule has 0 bridgehead atoms. The van der Waals surface area contributed by atoms with Crippen LogP contribution in [-0.4, -0.2) is 26.9 Å². The largest absolute Gasteiger partial charge is 0.333 e. The molecule has 5 nitrogen and oxygen atoms in total. The van der Waals surface area contributed by atoms with E-state index >= 15 is 0 Å². The van der Waals surface area contributed by atoms with Crippen LogP contribution in [0.15, 0.2) is 59.9 Å². The van der Waals surface area contributed by atoms with Gasteiger partial charge in [0.15, 0.2) is 10.9 Å². The number of aromatic nitrogens is 2. The molecule has 1 amide bonds. The molecular formula is C20H18FN3O2S. The maximum Gasteiger partial charge on any atom is 0.237 e. The van der Waals surface area contributed by atoms with Gasteiger partial charge < -0.3 is 10.3 Å². The fourth-order valence-corrected chi connectivity index (χ4v) is 3.28. The molecule has 0 saturated heterocycles. The molecule has 3 rings (SSSR count). The van der Waals surface area contributed by atoms with Crippen LogP contribution in [0.2, 0.25) is 0 Å². The van der Waals surface area contributed by atoms with E-state index in [0.717, 1.165) is 11.3 Å². The Bertz CT molecular complexity index is 969. The van der Waals surface area contributed by atoms with E-state index < -0.39 is 5.25 Å².